The Kier molecular flexibility index (Phi) is 6.69. The second-order valence-electron chi connectivity index (χ2n) is 7.69. The third-order valence-corrected chi connectivity index (χ3v) is 5.87. The number of halogens is 1. The molecule has 1 amide bonds. The van der Waals surface area contributed by atoms with E-state index in [0.717, 1.165) is 13.1 Å². The molecule has 1 unspecified atom stereocenters. The number of alkyl halides is 1. The first-order valence-corrected chi connectivity index (χ1v) is 9.85. The number of ether oxygens (including phenoxy) is 1. The fraction of sp³-hybridized carbons (Fsp3) is 0.619. The average Bonchev–Trinajstić information content (AvgIpc) is 3.11. The molecule has 1 aliphatic heterocycles. The van der Waals surface area contributed by atoms with Crippen LogP contribution >= 0.6 is 0 Å². The van der Waals surface area contributed by atoms with Crippen molar-refractivity contribution in [2.45, 2.75) is 38.5 Å². The molecule has 0 aromatic heterocycles. The summed E-state index contributed by atoms with van der Waals surface area (Å²) < 4.78 is 17.8. The summed E-state index contributed by atoms with van der Waals surface area (Å²) >= 11 is 0. The van der Waals surface area contributed by atoms with Gasteiger partial charge < -0.3 is 14.7 Å². The zero-order valence-electron chi connectivity index (χ0n) is 15.6. The van der Waals surface area contributed by atoms with Gasteiger partial charge in [0.15, 0.2) is 0 Å². The standard InChI is InChI=1S/C21H28FNO4/c22-9-10-27-19-8-4-3-5-15(19)11-18(21(25)26)12-20(24)23-13-16-6-1-2-7-17(16)14-23/h3-5,8,16-18H,1-2,6-7,9-14H2,(H,25,26)/t16-,17+,18?/i22-1. The van der Waals surface area contributed by atoms with Gasteiger partial charge in [-0.05, 0) is 42.7 Å². The van der Waals surface area contributed by atoms with Gasteiger partial charge >= 0.3 is 5.97 Å². The largest absolute Gasteiger partial charge is 0.491 e. The maximum Gasteiger partial charge on any atom is 0.307 e. The first-order chi connectivity index (χ1) is 13.1. The summed E-state index contributed by atoms with van der Waals surface area (Å²) in [7, 11) is 0. The van der Waals surface area contributed by atoms with Gasteiger partial charge in [-0.2, -0.15) is 0 Å². The van der Waals surface area contributed by atoms with Crippen molar-refractivity contribution in [2.75, 3.05) is 26.4 Å². The Morgan fingerprint density at radius 1 is 1.19 bits per heavy atom. The van der Waals surface area contributed by atoms with E-state index in [1.165, 1.54) is 25.7 Å². The summed E-state index contributed by atoms with van der Waals surface area (Å²) in [4.78, 5) is 26.4. The van der Waals surface area contributed by atoms with Crippen LogP contribution in [0.25, 0.3) is 0 Å². The van der Waals surface area contributed by atoms with Gasteiger partial charge in [-0.15, -0.1) is 0 Å². The molecule has 1 aliphatic carbocycles. The number of para-hydroxylation sites is 1. The molecule has 1 heterocycles. The van der Waals surface area contributed by atoms with E-state index in [9.17, 15) is 19.1 Å². The third kappa shape index (κ3) is 4.99. The molecule has 0 spiro atoms. The Morgan fingerprint density at radius 2 is 1.85 bits per heavy atom. The van der Waals surface area contributed by atoms with Crippen LogP contribution < -0.4 is 4.74 Å². The number of carboxylic acids is 1. The minimum Gasteiger partial charge on any atom is -0.491 e. The zero-order chi connectivity index (χ0) is 19.2. The molecule has 27 heavy (non-hydrogen) atoms. The smallest absolute Gasteiger partial charge is 0.307 e. The van der Waals surface area contributed by atoms with Crippen molar-refractivity contribution in [3.63, 3.8) is 0 Å². The molecule has 148 valence electrons. The number of hydrogen-bond donors (Lipinski definition) is 1. The molecule has 1 saturated carbocycles. The number of fused-ring (bicyclic) bond motifs is 1. The van der Waals surface area contributed by atoms with E-state index in [0.29, 0.717) is 23.1 Å². The molecule has 1 N–H and O–H groups in total. The van der Waals surface area contributed by atoms with Crippen LogP contribution in [0.15, 0.2) is 24.3 Å². The second kappa shape index (κ2) is 9.20. The van der Waals surface area contributed by atoms with E-state index in [-0.39, 0.29) is 25.4 Å². The van der Waals surface area contributed by atoms with Crippen molar-refractivity contribution in [1.29, 1.82) is 0 Å². The molecule has 1 saturated heterocycles. The molecule has 1 aromatic rings. The Balaban J connectivity index is 1.63. The predicted octanol–water partition coefficient (Wildman–Crippen LogP) is 3.32. The number of hydrogen-bond acceptors (Lipinski definition) is 3. The summed E-state index contributed by atoms with van der Waals surface area (Å²) in [5.41, 5.74) is 0.696. The highest BCUT2D eigenvalue weighted by Crippen LogP contribution is 2.36. The normalized spacial score (nSPS) is 22.9. The molecular formula is C21H28FNO4. The molecule has 0 radical (unpaired) electrons. The highest BCUT2D eigenvalue weighted by atomic mass is 18.2. The summed E-state index contributed by atoms with van der Waals surface area (Å²) in [5.74, 6) is -0.211. The number of benzene rings is 1. The number of carbonyl (C=O) groups is 2. The van der Waals surface area contributed by atoms with E-state index in [4.69, 9.17) is 4.74 Å². The Bertz CT molecular complexity index is 651. The number of amides is 1. The van der Waals surface area contributed by atoms with Gasteiger partial charge in [0.25, 0.3) is 0 Å². The van der Waals surface area contributed by atoms with Gasteiger partial charge in [0.1, 0.15) is 19.0 Å². The summed E-state index contributed by atoms with van der Waals surface area (Å²) in [6, 6.07) is 7.04. The molecule has 3 rings (SSSR count). The first kappa shape index (κ1) is 19.6. The van der Waals surface area contributed by atoms with Crippen LogP contribution in [-0.4, -0.2) is 48.3 Å². The van der Waals surface area contributed by atoms with Crippen LogP contribution in [0.3, 0.4) is 0 Å². The molecule has 2 fully saturated rings. The number of likely N-dealkylation sites (tertiary alicyclic amines) is 1. The van der Waals surface area contributed by atoms with Gasteiger partial charge in [-0.25, -0.2) is 4.39 Å². The van der Waals surface area contributed by atoms with Crippen LogP contribution in [0.1, 0.15) is 37.7 Å². The van der Waals surface area contributed by atoms with Crippen LogP contribution in [0, 0.1) is 17.8 Å². The van der Waals surface area contributed by atoms with Crippen molar-refractivity contribution in [1.82, 2.24) is 4.90 Å². The van der Waals surface area contributed by atoms with E-state index < -0.39 is 18.6 Å². The minimum absolute atomic E-state index is 0.00772. The average molecular weight is 376 g/mol. The topological polar surface area (TPSA) is 66.8 Å². The Morgan fingerprint density at radius 3 is 2.48 bits per heavy atom. The first-order valence-electron chi connectivity index (χ1n) is 9.85. The van der Waals surface area contributed by atoms with Crippen molar-refractivity contribution in [2.24, 2.45) is 17.8 Å². The van der Waals surface area contributed by atoms with Crippen LogP contribution in [-0.2, 0) is 16.0 Å². The summed E-state index contributed by atoms with van der Waals surface area (Å²) in [5, 5.41) is 9.63. The third-order valence-electron chi connectivity index (χ3n) is 5.87. The van der Waals surface area contributed by atoms with Gasteiger partial charge in [-0.3, -0.25) is 9.59 Å². The quantitative estimate of drug-likeness (QED) is 0.756. The van der Waals surface area contributed by atoms with E-state index in [1.807, 2.05) is 4.90 Å². The van der Waals surface area contributed by atoms with Gasteiger partial charge in [0.05, 0.1) is 5.92 Å². The van der Waals surface area contributed by atoms with E-state index in [2.05, 4.69) is 0 Å². The molecular weight excluding hydrogens is 348 g/mol. The fourth-order valence-corrected chi connectivity index (χ4v) is 4.42. The van der Waals surface area contributed by atoms with Gasteiger partial charge in [-0.1, -0.05) is 31.0 Å². The summed E-state index contributed by atoms with van der Waals surface area (Å²) in [6.45, 7) is 0.870. The van der Waals surface area contributed by atoms with Gasteiger partial charge in [0.2, 0.25) is 5.91 Å². The maximum absolute atomic E-state index is 12.7. The monoisotopic (exact) mass is 376 g/mol. The van der Waals surface area contributed by atoms with E-state index >= 15 is 0 Å². The van der Waals surface area contributed by atoms with E-state index in [1.54, 1.807) is 24.3 Å². The number of rotatable bonds is 8. The lowest BCUT2D eigenvalue weighted by atomic mass is 9.82. The molecule has 1 aromatic carbocycles. The SMILES string of the molecule is O=C(O)C(CC(=O)N1C[C@H]2CCCC[C@H]2C1)Cc1ccccc1OCC[18F]. The molecule has 3 atom stereocenters. The van der Waals surface area contributed by atoms with Crippen molar-refractivity contribution < 1.29 is 23.8 Å². The number of nitrogens with zero attached hydrogens (tertiary/aromatic N) is 1. The second-order valence-corrected chi connectivity index (χ2v) is 7.69. The molecule has 0 bridgehead atoms. The summed E-state index contributed by atoms with van der Waals surface area (Å²) in [6.07, 6.45) is 5.01. The highest BCUT2D eigenvalue weighted by Gasteiger charge is 2.37. The predicted molar refractivity (Wildman–Crippen MR) is 99.4 cm³/mol. The Labute approximate surface area is 159 Å². The van der Waals surface area contributed by atoms with Crippen LogP contribution in [0.5, 0.6) is 5.75 Å². The lowest BCUT2D eigenvalue weighted by molar-refractivity contribution is -0.145. The Hall–Kier alpha value is -2.11. The van der Waals surface area contributed by atoms with Crippen LogP contribution in [0.2, 0.25) is 0 Å². The van der Waals surface area contributed by atoms with Crippen molar-refractivity contribution >= 4 is 11.9 Å². The lowest BCUT2D eigenvalue weighted by Gasteiger charge is -2.22. The van der Waals surface area contributed by atoms with Crippen LogP contribution in [0.4, 0.5) is 4.39 Å². The zero-order valence-corrected chi connectivity index (χ0v) is 15.6. The highest BCUT2D eigenvalue weighted by molar-refractivity contribution is 5.82. The lowest BCUT2D eigenvalue weighted by Crippen LogP contribution is -2.33. The minimum atomic E-state index is -0.986. The van der Waals surface area contributed by atoms with Gasteiger partial charge in [0, 0.05) is 19.5 Å². The van der Waals surface area contributed by atoms with Crippen molar-refractivity contribution in [3.05, 3.63) is 29.8 Å². The fourth-order valence-electron chi connectivity index (χ4n) is 4.42. The molecule has 2 aliphatic rings. The van der Waals surface area contributed by atoms with Crippen molar-refractivity contribution in [3.8, 4) is 5.75 Å². The number of carboxylic acid groups (broad SMARTS) is 1. The number of carbonyl (C=O) groups excluding carboxylic acids is 1. The maximum atomic E-state index is 12.7. The molecule has 6 heteroatoms. The molecule has 5 nitrogen and oxygen atoms in total. The number of aliphatic carboxylic acids is 1.